The summed E-state index contributed by atoms with van der Waals surface area (Å²) in [6, 6.07) is 21.4. The molecule has 14 nitrogen and oxygen atoms in total. The number of carbonyl (C=O) groups excluding carboxylic acids is 3. The Morgan fingerprint density at radius 1 is 0.860 bits per heavy atom. The van der Waals surface area contributed by atoms with Gasteiger partial charge in [-0.15, -0.1) is 0 Å². The minimum atomic E-state index is -1.03. The third kappa shape index (κ3) is 12.9. The van der Waals surface area contributed by atoms with Crippen LogP contribution in [0.25, 0.3) is 21.7 Å². The van der Waals surface area contributed by atoms with E-state index in [1.165, 1.54) is 9.91 Å². The van der Waals surface area contributed by atoms with Crippen molar-refractivity contribution in [3.8, 4) is 0 Å². The molecule has 0 saturated carbocycles. The van der Waals surface area contributed by atoms with Gasteiger partial charge in [0.1, 0.15) is 6.04 Å². The zero-order chi connectivity index (χ0) is 41.5. The van der Waals surface area contributed by atoms with Gasteiger partial charge >= 0.3 is 12.1 Å². The lowest BCUT2D eigenvalue weighted by Gasteiger charge is -2.37. The van der Waals surface area contributed by atoms with Crippen LogP contribution in [0.5, 0.6) is 0 Å². The smallest absolute Gasteiger partial charge is 0.407 e. The van der Waals surface area contributed by atoms with Gasteiger partial charge in [-0.2, -0.15) is 0 Å². The highest BCUT2D eigenvalue weighted by molar-refractivity contribution is 5.89. The third-order valence-electron chi connectivity index (χ3n) is 9.68. The molecule has 0 radical (unpaired) electrons. The number of amides is 5. The fourth-order valence-electron chi connectivity index (χ4n) is 6.83. The molecule has 4 rings (SSSR count). The molecule has 4 aromatic rings. The summed E-state index contributed by atoms with van der Waals surface area (Å²) in [5.74, 6) is -0.847. The van der Waals surface area contributed by atoms with Crippen molar-refractivity contribution in [1.29, 1.82) is 0 Å². The van der Waals surface area contributed by atoms with Gasteiger partial charge in [-0.3, -0.25) is 20.0 Å². The second kappa shape index (κ2) is 21.3. The molecule has 14 heteroatoms. The fraction of sp³-hybridized carbons (Fsp3) is 0.465. The number of aromatic nitrogens is 1. The van der Waals surface area contributed by atoms with Crippen molar-refractivity contribution in [3.05, 3.63) is 90.1 Å². The second-order valence-corrected chi connectivity index (χ2v) is 15.0. The van der Waals surface area contributed by atoms with Gasteiger partial charge in [-0.05, 0) is 88.8 Å². The number of hydrogen-bond donors (Lipinski definition) is 4. The third-order valence-corrected chi connectivity index (χ3v) is 9.68. The average Bonchev–Trinajstić information content (AvgIpc) is 3.17. The minimum Gasteiger partial charge on any atom is -0.465 e. The molecule has 4 N–H and O–H groups in total. The quantitative estimate of drug-likeness (QED) is 0.0458. The number of para-hydroxylation sites is 1. The number of fused-ring (bicyclic) bond motifs is 2. The van der Waals surface area contributed by atoms with Gasteiger partial charge in [0.15, 0.2) is 6.29 Å². The molecule has 0 aliphatic carbocycles. The van der Waals surface area contributed by atoms with E-state index in [9.17, 15) is 24.3 Å². The topological polar surface area (TPSA) is 166 Å². The molecule has 1 heterocycles. The summed E-state index contributed by atoms with van der Waals surface area (Å²) in [5.41, 5.74) is 4.58. The lowest BCUT2D eigenvalue weighted by Crippen LogP contribution is -2.56. The largest absolute Gasteiger partial charge is 0.465 e. The molecule has 0 bridgehead atoms. The van der Waals surface area contributed by atoms with E-state index < -0.39 is 41.9 Å². The summed E-state index contributed by atoms with van der Waals surface area (Å²) in [6.07, 6.45) is 1.07. The molecule has 1 aromatic heterocycles. The van der Waals surface area contributed by atoms with Crippen LogP contribution in [0.3, 0.4) is 0 Å². The Morgan fingerprint density at radius 2 is 1.51 bits per heavy atom. The Labute approximate surface area is 335 Å². The molecule has 0 aliphatic heterocycles. The van der Waals surface area contributed by atoms with Crippen molar-refractivity contribution >= 4 is 45.6 Å². The maximum atomic E-state index is 14.8. The number of unbranched alkanes of at least 4 members (excludes halogenated alkanes) is 1. The maximum absolute atomic E-state index is 14.8. The minimum absolute atomic E-state index is 0.159. The summed E-state index contributed by atoms with van der Waals surface area (Å²) in [4.78, 5) is 61.0. The number of pyridine rings is 1. The molecule has 0 fully saturated rings. The predicted octanol–water partition coefficient (Wildman–Crippen LogP) is 6.28. The van der Waals surface area contributed by atoms with E-state index >= 15 is 0 Å². The summed E-state index contributed by atoms with van der Waals surface area (Å²) in [6.45, 7) is 12.2. The number of benzene rings is 3. The molecule has 0 aliphatic rings. The van der Waals surface area contributed by atoms with Gasteiger partial charge < -0.3 is 35.0 Å². The number of carboxylic acid groups (broad SMARTS) is 1. The molecular weight excluding hydrogens is 727 g/mol. The number of nitrogens with zero attached hydrogens (tertiary/aromatic N) is 4. The molecular formula is C43H59N7O7. The number of ether oxygens (including phenoxy) is 2. The van der Waals surface area contributed by atoms with Crippen molar-refractivity contribution in [3.63, 3.8) is 0 Å². The van der Waals surface area contributed by atoms with E-state index in [0.29, 0.717) is 26.1 Å². The van der Waals surface area contributed by atoms with Gasteiger partial charge in [0.2, 0.25) is 11.8 Å². The molecule has 5 amide bonds. The second-order valence-electron chi connectivity index (χ2n) is 15.0. The van der Waals surface area contributed by atoms with Gasteiger partial charge in [-0.25, -0.2) is 14.6 Å². The number of hydrogen-bond acceptors (Lipinski definition) is 8. The van der Waals surface area contributed by atoms with Crippen LogP contribution >= 0.6 is 0 Å². The monoisotopic (exact) mass is 785 g/mol. The van der Waals surface area contributed by atoms with E-state index in [2.05, 4.69) is 21.0 Å². The maximum Gasteiger partial charge on any atom is 0.407 e. The van der Waals surface area contributed by atoms with Gasteiger partial charge in [0.25, 0.3) is 0 Å². The van der Waals surface area contributed by atoms with Gasteiger partial charge in [-0.1, -0.05) is 66.7 Å². The summed E-state index contributed by atoms with van der Waals surface area (Å²) >= 11 is 0. The SMILES string of the molecule is CCOC(OCC)C(C)N(Cc1cccc2cccnc12)C(=O)C(CCCCN(C(=O)O)C(C)(C)C)NC(=O)CN(C)NC(=O)NCc1cccc2ccccc12. The molecule has 3 aromatic carbocycles. The molecule has 0 saturated heterocycles. The lowest BCUT2D eigenvalue weighted by molar-refractivity contribution is -0.179. The van der Waals surface area contributed by atoms with Crippen molar-refractivity contribution in [2.75, 3.05) is 33.4 Å². The van der Waals surface area contributed by atoms with Crippen molar-refractivity contribution < 1.29 is 33.8 Å². The fourth-order valence-corrected chi connectivity index (χ4v) is 6.83. The average molecular weight is 786 g/mol. The number of nitrogens with one attached hydrogen (secondary N) is 3. The van der Waals surface area contributed by atoms with Crippen LogP contribution in [0.1, 0.15) is 71.9 Å². The number of likely N-dealkylation sites (N-methyl/N-ethyl adjacent to an activating group) is 1. The van der Waals surface area contributed by atoms with Crippen LogP contribution in [0.2, 0.25) is 0 Å². The van der Waals surface area contributed by atoms with Crippen LogP contribution < -0.4 is 16.1 Å². The van der Waals surface area contributed by atoms with E-state index in [0.717, 1.165) is 32.8 Å². The van der Waals surface area contributed by atoms with Crippen LogP contribution in [-0.2, 0) is 32.2 Å². The highest BCUT2D eigenvalue weighted by Crippen LogP contribution is 2.23. The Hall–Kier alpha value is -5.31. The van der Waals surface area contributed by atoms with Crippen molar-refractivity contribution in [2.24, 2.45) is 0 Å². The van der Waals surface area contributed by atoms with Crippen LogP contribution in [0.4, 0.5) is 9.59 Å². The Kier molecular flexibility index (Phi) is 16.6. The molecule has 0 spiro atoms. The lowest BCUT2D eigenvalue weighted by atomic mass is 10.0. The molecule has 2 unspecified atom stereocenters. The predicted molar refractivity (Wildman–Crippen MR) is 221 cm³/mol. The number of urea groups is 1. The van der Waals surface area contributed by atoms with Crippen molar-refractivity contribution in [1.82, 2.24) is 35.9 Å². The van der Waals surface area contributed by atoms with E-state index in [1.54, 1.807) is 18.1 Å². The van der Waals surface area contributed by atoms with E-state index in [-0.39, 0.29) is 38.5 Å². The summed E-state index contributed by atoms with van der Waals surface area (Å²) in [7, 11) is 1.57. The molecule has 308 valence electrons. The first kappa shape index (κ1) is 44.4. The van der Waals surface area contributed by atoms with E-state index in [4.69, 9.17) is 9.47 Å². The molecule has 2 atom stereocenters. The zero-order valence-electron chi connectivity index (χ0n) is 34.3. The number of carbonyl (C=O) groups is 4. The van der Waals surface area contributed by atoms with Gasteiger partial charge in [0, 0.05) is 57.0 Å². The first-order valence-corrected chi connectivity index (χ1v) is 19.6. The highest BCUT2D eigenvalue weighted by Gasteiger charge is 2.34. The standard InChI is InChI=1S/C43H59N7O7/c1-8-56-40(57-9-2)30(3)49(28-34-21-15-19-32-22-16-25-44-38(32)34)39(52)36(24-12-13-26-50(42(54)55)43(4,5)6)46-37(51)29-48(7)47-41(53)45-27-33-20-14-18-31-17-10-11-23-35(31)33/h10-11,14-23,25,30,36,40H,8-9,12-13,24,26-29H2,1-7H3,(H,46,51)(H,54,55)(H2,45,47,53). The Balaban J connectivity index is 1.53. The van der Waals surface area contributed by atoms with E-state index in [1.807, 2.05) is 114 Å². The van der Waals surface area contributed by atoms with Gasteiger partial charge in [0.05, 0.1) is 18.1 Å². The summed E-state index contributed by atoms with van der Waals surface area (Å²) in [5, 5.41) is 20.0. The zero-order valence-corrected chi connectivity index (χ0v) is 34.3. The first-order valence-electron chi connectivity index (χ1n) is 19.6. The Morgan fingerprint density at radius 3 is 2.19 bits per heavy atom. The van der Waals surface area contributed by atoms with Crippen LogP contribution in [0.15, 0.2) is 79.0 Å². The summed E-state index contributed by atoms with van der Waals surface area (Å²) < 4.78 is 11.9. The van der Waals surface area contributed by atoms with Crippen molar-refractivity contribution in [2.45, 2.75) is 97.8 Å². The first-order chi connectivity index (χ1) is 27.2. The Bertz CT molecular complexity index is 1940. The number of rotatable bonds is 20. The highest BCUT2D eigenvalue weighted by atomic mass is 16.7. The normalized spacial score (nSPS) is 12.7. The number of hydrazine groups is 1. The molecule has 57 heavy (non-hydrogen) atoms. The van der Waals surface area contributed by atoms with Crippen LogP contribution in [0, 0.1) is 0 Å². The van der Waals surface area contributed by atoms with Crippen LogP contribution in [-0.4, -0.2) is 106 Å².